The Bertz CT molecular complexity index is 657. The quantitative estimate of drug-likeness (QED) is 0.929. The fraction of sp³-hybridized carbons (Fsp3) is 0.231. The van der Waals surface area contributed by atoms with E-state index in [-0.39, 0.29) is 12.4 Å². The summed E-state index contributed by atoms with van der Waals surface area (Å²) in [5, 5.41) is 13.1. The van der Waals surface area contributed by atoms with Crippen molar-refractivity contribution in [1.82, 2.24) is 9.78 Å². The second-order valence-electron chi connectivity index (χ2n) is 4.13. The highest BCUT2D eigenvalue weighted by molar-refractivity contribution is 9.10. The molecular weight excluding hydrogens is 327 g/mol. The molecule has 20 heavy (non-hydrogen) atoms. The molecule has 0 aliphatic heterocycles. The molecule has 0 aliphatic rings. The molecule has 104 valence electrons. The number of hydrogen-bond donors (Lipinski definition) is 1. The van der Waals surface area contributed by atoms with Crippen LogP contribution in [0.3, 0.4) is 0 Å². The number of nitriles is 1. The number of rotatable bonds is 4. The summed E-state index contributed by atoms with van der Waals surface area (Å²) in [7, 11) is 0. The molecule has 0 fully saturated rings. The van der Waals surface area contributed by atoms with E-state index in [1.807, 2.05) is 6.07 Å². The summed E-state index contributed by atoms with van der Waals surface area (Å²) in [6, 6.07) is 6.31. The van der Waals surface area contributed by atoms with Gasteiger partial charge in [-0.2, -0.15) is 10.4 Å². The molecule has 0 atom stereocenters. The molecule has 1 aromatic carbocycles. The molecule has 0 bridgehead atoms. The second-order valence-corrected chi connectivity index (χ2v) is 5.05. The van der Waals surface area contributed by atoms with E-state index < -0.39 is 0 Å². The predicted octanol–water partition coefficient (Wildman–Crippen LogP) is 2.63. The monoisotopic (exact) mass is 338 g/mol. The molecule has 2 aromatic rings. The number of benzene rings is 1. The summed E-state index contributed by atoms with van der Waals surface area (Å²) in [4.78, 5) is 0. The summed E-state index contributed by atoms with van der Waals surface area (Å²) >= 11 is 3.19. The molecule has 0 amide bonds. The topological polar surface area (TPSA) is 76.9 Å². The first-order valence-corrected chi connectivity index (χ1v) is 6.62. The highest BCUT2D eigenvalue weighted by Crippen LogP contribution is 2.21. The number of nitrogen functional groups attached to an aromatic ring is 1. The van der Waals surface area contributed by atoms with Gasteiger partial charge in [-0.1, -0.05) is 15.9 Å². The summed E-state index contributed by atoms with van der Waals surface area (Å²) in [6.45, 7) is 2.37. The minimum absolute atomic E-state index is 0.270. The highest BCUT2D eigenvalue weighted by Gasteiger charge is 2.11. The van der Waals surface area contributed by atoms with E-state index in [0.717, 1.165) is 0 Å². The zero-order chi connectivity index (χ0) is 14.7. The van der Waals surface area contributed by atoms with Crippen LogP contribution in [0.15, 0.2) is 22.7 Å². The van der Waals surface area contributed by atoms with Gasteiger partial charge in [0.25, 0.3) is 0 Å². The molecule has 5 nitrogen and oxygen atoms in total. The molecule has 0 radical (unpaired) electrons. The van der Waals surface area contributed by atoms with Crippen LogP contribution in [0.5, 0.6) is 5.75 Å². The summed E-state index contributed by atoms with van der Waals surface area (Å²) in [6.07, 6.45) is 0. The van der Waals surface area contributed by atoms with E-state index in [9.17, 15) is 4.39 Å². The molecule has 1 heterocycles. The van der Waals surface area contributed by atoms with Crippen molar-refractivity contribution in [2.24, 2.45) is 0 Å². The number of nitrogens with two attached hydrogens (primary N) is 1. The molecule has 7 heteroatoms. The fourth-order valence-electron chi connectivity index (χ4n) is 1.77. The summed E-state index contributed by atoms with van der Waals surface area (Å²) < 4.78 is 20.7. The van der Waals surface area contributed by atoms with Crippen LogP contribution in [-0.4, -0.2) is 16.4 Å². The number of ether oxygens (including phenoxy) is 1. The van der Waals surface area contributed by atoms with Crippen molar-refractivity contribution in [2.75, 3.05) is 12.3 Å². The van der Waals surface area contributed by atoms with Crippen LogP contribution < -0.4 is 10.5 Å². The van der Waals surface area contributed by atoms with E-state index in [1.54, 1.807) is 13.0 Å². The van der Waals surface area contributed by atoms with Gasteiger partial charge in [0.1, 0.15) is 35.6 Å². The third kappa shape index (κ3) is 3.08. The van der Waals surface area contributed by atoms with Crippen LogP contribution in [0, 0.1) is 24.1 Å². The molecule has 0 unspecified atom stereocenters. The highest BCUT2D eigenvalue weighted by atomic mass is 79.9. The number of hydrogen-bond acceptors (Lipinski definition) is 4. The van der Waals surface area contributed by atoms with Crippen LogP contribution in [0.1, 0.15) is 11.3 Å². The van der Waals surface area contributed by atoms with Gasteiger partial charge in [-0.05, 0) is 19.1 Å². The van der Waals surface area contributed by atoms with Gasteiger partial charge in [0.05, 0.1) is 12.2 Å². The molecule has 2 N–H and O–H groups in total. The van der Waals surface area contributed by atoms with Crippen molar-refractivity contribution in [3.05, 3.63) is 39.7 Å². The maximum Gasteiger partial charge on any atom is 0.140 e. The molecular formula is C13H12BrFN4O. The van der Waals surface area contributed by atoms with Gasteiger partial charge in [-0.25, -0.2) is 9.07 Å². The first-order chi connectivity index (χ1) is 9.51. The Morgan fingerprint density at radius 2 is 2.25 bits per heavy atom. The van der Waals surface area contributed by atoms with Crippen molar-refractivity contribution in [3.63, 3.8) is 0 Å². The molecule has 0 aliphatic carbocycles. The third-order valence-electron chi connectivity index (χ3n) is 2.69. The van der Waals surface area contributed by atoms with Gasteiger partial charge in [-0.3, -0.25) is 0 Å². The van der Waals surface area contributed by atoms with Gasteiger partial charge < -0.3 is 10.5 Å². The maximum atomic E-state index is 13.2. The van der Waals surface area contributed by atoms with Crippen molar-refractivity contribution in [1.29, 1.82) is 5.26 Å². The third-order valence-corrected chi connectivity index (χ3v) is 3.14. The summed E-state index contributed by atoms with van der Waals surface area (Å²) in [5.74, 6) is 0.351. The second kappa shape index (κ2) is 5.92. The minimum atomic E-state index is -0.379. The van der Waals surface area contributed by atoms with Gasteiger partial charge in [0.15, 0.2) is 0 Å². The first-order valence-electron chi connectivity index (χ1n) is 5.83. The van der Waals surface area contributed by atoms with Gasteiger partial charge in [-0.15, -0.1) is 0 Å². The average molecular weight is 339 g/mol. The smallest absolute Gasteiger partial charge is 0.140 e. The van der Waals surface area contributed by atoms with E-state index in [1.165, 1.54) is 16.8 Å². The SMILES string of the molecule is Cc1nn(CCOc2cc(F)cc(Br)c2)c(N)c1C#N. The van der Waals surface area contributed by atoms with E-state index >= 15 is 0 Å². The largest absolute Gasteiger partial charge is 0.492 e. The lowest BCUT2D eigenvalue weighted by molar-refractivity contribution is 0.291. The van der Waals surface area contributed by atoms with Gasteiger partial charge >= 0.3 is 0 Å². The number of halogens is 2. The standard InChI is InChI=1S/C13H12BrFN4O/c1-8-12(7-16)13(17)19(18-8)2-3-20-11-5-9(14)4-10(15)6-11/h4-6H,2-3,17H2,1H3. The van der Waals surface area contributed by atoms with Crippen LogP contribution >= 0.6 is 15.9 Å². The number of aryl methyl sites for hydroxylation is 1. The van der Waals surface area contributed by atoms with Crippen molar-refractivity contribution in [2.45, 2.75) is 13.5 Å². The Morgan fingerprint density at radius 1 is 1.50 bits per heavy atom. The normalized spacial score (nSPS) is 10.3. The lowest BCUT2D eigenvalue weighted by Crippen LogP contribution is -2.12. The van der Waals surface area contributed by atoms with Crippen molar-refractivity contribution >= 4 is 21.7 Å². The lowest BCUT2D eigenvalue weighted by Gasteiger charge is -2.08. The number of aromatic nitrogens is 2. The Balaban J connectivity index is 2.01. The molecule has 0 spiro atoms. The zero-order valence-electron chi connectivity index (χ0n) is 10.7. The van der Waals surface area contributed by atoms with E-state index in [2.05, 4.69) is 21.0 Å². The van der Waals surface area contributed by atoms with E-state index in [4.69, 9.17) is 15.7 Å². The summed E-state index contributed by atoms with van der Waals surface area (Å²) in [5.41, 5.74) is 6.75. The molecule has 0 saturated heterocycles. The zero-order valence-corrected chi connectivity index (χ0v) is 12.3. The van der Waals surface area contributed by atoms with Crippen LogP contribution in [0.25, 0.3) is 0 Å². The molecule has 0 saturated carbocycles. The number of nitrogens with zero attached hydrogens (tertiary/aromatic N) is 3. The van der Waals surface area contributed by atoms with Gasteiger partial charge in [0.2, 0.25) is 0 Å². The average Bonchev–Trinajstić information content (AvgIpc) is 2.63. The Kier molecular flexibility index (Phi) is 4.25. The van der Waals surface area contributed by atoms with Crippen LogP contribution in [0.4, 0.5) is 10.2 Å². The van der Waals surface area contributed by atoms with Crippen molar-refractivity contribution < 1.29 is 9.13 Å². The Hall–Kier alpha value is -2.07. The minimum Gasteiger partial charge on any atom is -0.492 e. The van der Waals surface area contributed by atoms with Crippen LogP contribution in [0.2, 0.25) is 0 Å². The van der Waals surface area contributed by atoms with Gasteiger partial charge in [0, 0.05) is 10.5 Å². The van der Waals surface area contributed by atoms with Crippen molar-refractivity contribution in [3.8, 4) is 11.8 Å². The molecule has 1 aromatic heterocycles. The maximum absolute atomic E-state index is 13.2. The Labute approximate surface area is 123 Å². The molecule has 2 rings (SSSR count). The fourth-order valence-corrected chi connectivity index (χ4v) is 2.21. The first kappa shape index (κ1) is 14.3. The van der Waals surface area contributed by atoms with E-state index in [0.29, 0.717) is 33.8 Å². The number of anilines is 1. The predicted molar refractivity (Wildman–Crippen MR) is 75.7 cm³/mol. The Morgan fingerprint density at radius 3 is 2.85 bits per heavy atom. The lowest BCUT2D eigenvalue weighted by atomic mass is 10.3. The van der Waals surface area contributed by atoms with Crippen LogP contribution in [-0.2, 0) is 6.54 Å².